The first-order valence-electron chi connectivity index (χ1n) is 13.2. The summed E-state index contributed by atoms with van der Waals surface area (Å²) in [5.41, 5.74) is 11.1. The normalized spacial score (nSPS) is 16.7. The number of amidine groups is 1. The van der Waals surface area contributed by atoms with Crippen molar-refractivity contribution in [2.24, 2.45) is 15.4 Å². The minimum atomic E-state index is 0.224. The number of hydrogen-bond donors (Lipinski definition) is 1. The third-order valence-corrected chi connectivity index (χ3v) is 6.84. The maximum absolute atomic E-state index is 4.81. The van der Waals surface area contributed by atoms with Crippen LogP contribution in [0.5, 0.6) is 0 Å². The summed E-state index contributed by atoms with van der Waals surface area (Å²) in [6, 6.07) is 15.1. The molecule has 3 heteroatoms. The van der Waals surface area contributed by atoms with Crippen LogP contribution in [0.3, 0.4) is 0 Å². The Kier molecular flexibility index (Phi) is 9.26. The number of nitrogens with one attached hydrogen (secondary N) is 1. The molecule has 0 saturated carbocycles. The minimum Gasteiger partial charge on any atom is -0.345 e. The van der Waals surface area contributed by atoms with Gasteiger partial charge in [0.05, 0.1) is 13.1 Å². The predicted octanol–water partition coefficient (Wildman–Crippen LogP) is 8.53. The fourth-order valence-electron chi connectivity index (χ4n) is 4.39. The highest BCUT2D eigenvalue weighted by Crippen LogP contribution is 2.32. The molecular weight excluding hydrogens is 450 g/mol. The maximum Gasteiger partial charge on any atom is 0.125 e. The third-order valence-electron chi connectivity index (χ3n) is 6.84. The molecule has 0 aromatic heterocycles. The number of hydrogen-bond acceptors (Lipinski definition) is 3. The Bertz CT molecular complexity index is 1260. The first-order valence-corrected chi connectivity index (χ1v) is 13.2. The van der Waals surface area contributed by atoms with Crippen LogP contribution in [0.4, 0.5) is 0 Å². The standard InChI is InChI=1S/C23H25N.C11H18N2/c1-16-11-13-20(14-12-16)18(3)15-24-19(4)22-9-6-8-21-17(2)7-5-10-23(21)22;1-8(2)13-10-6-9(7-12-10)11(3,4)5/h5-6,8-14,17H,3,7,15H2,1-2,4H3;6H,1,7H2,2-5H3,(H,12,13). The molecule has 1 N–H and O–H groups in total. The van der Waals surface area contributed by atoms with Crippen LogP contribution >= 0.6 is 0 Å². The average molecular weight is 494 g/mol. The Labute approximate surface area is 224 Å². The van der Waals surface area contributed by atoms with Gasteiger partial charge in [-0.1, -0.05) is 101 Å². The summed E-state index contributed by atoms with van der Waals surface area (Å²) in [7, 11) is 0. The lowest BCUT2D eigenvalue weighted by atomic mass is 9.85. The van der Waals surface area contributed by atoms with Crippen molar-refractivity contribution in [3.8, 4) is 0 Å². The Morgan fingerprint density at radius 3 is 2.41 bits per heavy atom. The molecule has 0 spiro atoms. The molecule has 1 aliphatic carbocycles. The quantitative estimate of drug-likeness (QED) is 0.416. The lowest BCUT2D eigenvalue weighted by Gasteiger charge is -2.20. The zero-order chi connectivity index (χ0) is 27.2. The van der Waals surface area contributed by atoms with E-state index in [0.717, 1.165) is 35.8 Å². The number of benzene rings is 2. The van der Waals surface area contributed by atoms with Crippen LogP contribution in [0.2, 0.25) is 0 Å². The van der Waals surface area contributed by atoms with Gasteiger partial charge < -0.3 is 5.32 Å². The van der Waals surface area contributed by atoms with E-state index in [4.69, 9.17) is 4.99 Å². The first kappa shape index (κ1) is 28.1. The second-order valence-electron chi connectivity index (χ2n) is 11.2. The molecule has 3 nitrogen and oxygen atoms in total. The lowest BCUT2D eigenvalue weighted by molar-refractivity contribution is 0.499. The zero-order valence-corrected chi connectivity index (χ0v) is 23.8. The van der Waals surface area contributed by atoms with Crippen molar-refractivity contribution in [2.45, 2.75) is 60.8 Å². The first-order chi connectivity index (χ1) is 17.5. The van der Waals surface area contributed by atoms with Gasteiger partial charge in [0.15, 0.2) is 0 Å². The highest BCUT2D eigenvalue weighted by atomic mass is 15.0. The summed E-state index contributed by atoms with van der Waals surface area (Å²) in [4.78, 5) is 9.19. The van der Waals surface area contributed by atoms with Gasteiger partial charge in [0.1, 0.15) is 5.84 Å². The number of fused-ring (bicyclic) bond motifs is 1. The average Bonchev–Trinajstić information content (AvgIpc) is 3.32. The van der Waals surface area contributed by atoms with Crippen LogP contribution in [0, 0.1) is 12.3 Å². The number of aliphatic imine (C=N–C) groups is 2. The molecule has 0 saturated heterocycles. The third kappa shape index (κ3) is 7.76. The summed E-state index contributed by atoms with van der Waals surface area (Å²) in [6.07, 6.45) is 7.76. The Morgan fingerprint density at radius 2 is 1.78 bits per heavy atom. The highest BCUT2D eigenvalue weighted by molar-refractivity contribution is 6.02. The highest BCUT2D eigenvalue weighted by Gasteiger charge is 2.20. The number of nitrogens with zero attached hydrogens (tertiary/aromatic N) is 2. The molecule has 194 valence electrons. The van der Waals surface area contributed by atoms with Crippen molar-refractivity contribution in [1.82, 2.24) is 5.32 Å². The van der Waals surface area contributed by atoms with Crippen LogP contribution in [-0.2, 0) is 0 Å². The second-order valence-corrected chi connectivity index (χ2v) is 11.2. The van der Waals surface area contributed by atoms with Gasteiger partial charge in [-0.05, 0) is 72.4 Å². The fraction of sp³-hybridized carbons (Fsp3) is 0.353. The molecule has 0 bridgehead atoms. The molecule has 0 radical (unpaired) electrons. The van der Waals surface area contributed by atoms with Gasteiger partial charge in [-0.3, -0.25) is 9.98 Å². The van der Waals surface area contributed by atoms with E-state index in [1.54, 1.807) is 0 Å². The predicted molar refractivity (Wildman–Crippen MR) is 164 cm³/mol. The Balaban J connectivity index is 0.000000248. The summed E-state index contributed by atoms with van der Waals surface area (Å²) >= 11 is 0. The van der Waals surface area contributed by atoms with Crippen molar-refractivity contribution < 1.29 is 0 Å². The minimum absolute atomic E-state index is 0.224. The van der Waals surface area contributed by atoms with Gasteiger partial charge in [-0.15, -0.1) is 0 Å². The Hall–Kier alpha value is -3.46. The van der Waals surface area contributed by atoms with E-state index in [2.05, 4.69) is 126 Å². The number of aryl methyl sites for hydroxylation is 1. The van der Waals surface area contributed by atoms with Crippen molar-refractivity contribution in [1.29, 1.82) is 0 Å². The van der Waals surface area contributed by atoms with Gasteiger partial charge in [0.2, 0.25) is 0 Å². The maximum atomic E-state index is 4.81. The van der Waals surface area contributed by atoms with E-state index >= 15 is 0 Å². The number of rotatable bonds is 5. The van der Waals surface area contributed by atoms with Crippen molar-refractivity contribution in [3.05, 3.63) is 107 Å². The largest absolute Gasteiger partial charge is 0.345 e. The molecule has 2 aromatic carbocycles. The van der Waals surface area contributed by atoms with Crippen molar-refractivity contribution >= 4 is 23.2 Å². The summed E-state index contributed by atoms with van der Waals surface area (Å²) in [6.45, 7) is 24.5. The van der Waals surface area contributed by atoms with Gasteiger partial charge in [0.25, 0.3) is 0 Å². The van der Waals surface area contributed by atoms with E-state index < -0.39 is 0 Å². The second kappa shape index (κ2) is 12.2. The SMILES string of the molecule is C=C(C)NC1=NCC(C(C)(C)C)=C1.C=C(CN=C(C)c1cccc2c1C=CCC2C)c1ccc(C)cc1. The smallest absolute Gasteiger partial charge is 0.125 e. The molecule has 2 aromatic rings. The van der Waals surface area contributed by atoms with E-state index in [1.807, 2.05) is 6.92 Å². The molecule has 4 rings (SSSR count). The monoisotopic (exact) mass is 493 g/mol. The molecule has 37 heavy (non-hydrogen) atoms. The van der Waals surface area contributed by atoms with E-state index in [-0.39, 0.29) is 5.41 Å². The van der Waals surface area contributed by atoms with E-state index in [9.17, 15) is 0 Å². The molecule has 1 heterocycles. The van der Waals surface area contributed by atoms with Crippen LogP contribution in [0.25, 0.3) is 11.6 Å². The summed E-state index contributed by atoms with van der Waals surface area (Å²) < 4.78 is 0. The molecule has 2 aliphatic rings. The topological polar surface area (TPSA) is 36.8 Å². The molecular formula is C34H43N3. The van der Waals surface area contributed by atoms with Gasteiger partial charge in [-0.25, -0.2) is 0 Å². The molecule has 0 amide bonds. The van der Waals surface area contributed by atoms with Crippen molar-refractivity contribution in [2.75, 3.05) is 13.1 Å². The van der Waals surface area contributed by atoms with Gasteiger partial charge in [0, 0.05) is 17.0 Å². The molecule has 1 unspecified atom stereocenters. The summed E-state index contributed by atoms with van der Waals surface area (Å²) in [5, 5.41) is 3.12. The van der Waals surface area contributed by atoms with Gasteiger partial charge >= 0.3 is 0 Å². The van der Waals surface area contributed by atoms with Crippen LogP contribution in [0.15, 0.2) is 89.0 Å². The molecule has 0 fully saturated rings. The molecule has 1 aliphatic heterocycles. The fourth-order valence-corrected chi connectivity index (χ4v) is 4.39. The lowest BCUT2D eigenvalue weighted by Crippen LogP contribution is -2.17. The Morgan fingerprint density at radius 1 is 1.08 bits per heavy atom. The van der Waals surface area contributed by atoms with Crippen LogP contribution in [-0.4, -0.2) is 24.6 Å². The summed E-state index contributed by atoms with van der Waals surface area (Å²) in [5.74, 6) is 1.53. The van der Waals surface area contributed by atoms with Gasteiger partial charge in [-0.2, -0.15) is 0 Å². The van der Waals surface area contributed by atoms with Crippen LogP contribution in [0.1, 0.15) is 81.7 Å². The molecule has 1 atom stereocenters. The van der Waals surface area contributed by atoms with E-state index in [1.165, 1.54) is 33.4 Å². The zero-order valence-electron chi connectivity index (χ0n) is 23.8. The van der Waals surface area contributed by atoms with E-state index in [0.29, 0.717) is 12.5 Å². The van der Waals surface area contributed by atoms with Crippen molar-refractivity contribution in [3.63, 3.8) is 0 Å². The number of allylic oxidation sites excluding steroid dienone is 2. The van der Waals surface area contributed by atoms with Crippen LogP contribution < -0.4 is 5.32 Å².